The second kappa shape index (κ2) is 5.82. The monoisotopic (exact) mass is 307 g/mol. The van der Waals surface area contributed by atoms with Crippen LogP contribution in [0.4, 0.5) is 5.69 Å². The molecule has 0 spiro atoms. The van der Waals surface area contributed by atoms with E-state index >= 15 is 0 Å². The maximum atomic E-state index is 11.6. The standard InChI is InChI=1S/C20H23N2O/c23-20(17-10-4-1-5-11-17)16-21(18-12-6-2-7-13-18)19-14-8-3-9-15-22(19)20/h1-2,4-7,10-13,23H,3,8-9,14-16H2/q+1. The zero-order valence-corrected chi connectivity index (χ0v) is 13.4. The zero-order valence-electron chi connectivity index (χ0n) is 13.4. The van der Waals surface area contributed by atoms with Gasteiger partial charge in [0.1, 0.15) is 5.69 Å². The molecule has 0 aromatic heterocycles. The van der Waals surface area contributed by atoms with Crippen LogP contribution in [0.15, 0.2) is 60.7 Å². The van der Waals surface area contributed by atoms with Crippen LogP contribution in [0.5, 0.6) is 0 Å². The summed E-state index contributed by atoms with van der Waals surface area (Å²) in [5.74, 6) is 1.26. The summed E-state index contributed by atoms with van der Waals surface area (Å²) >= 11 is 0. The zero-order chi connectivity index (χ0) is 15.7. The molecule has 2 aliphatic rings. The topological polar surface area (TPSA) is 26.5 Å². The molecular weight excluding hydrogens is 284 g/mol. The van der Waals surface area contributed by atoms with Crippen LogP contribution < -0.4 is 4.90 Å². The average Bonchev–Trinajstić information content (AvgIpc) is 2.77. The third kappa shape index (κ3) is 2.45. The summed E-state index contributed by atoms with van der Waals surface area (Å²) < 4.78 is 2.24. The van der Waals surface area contributed by atoms with Gasteiger partial charge in [0.15, 0.2) is 6.54 Å². The predicted octanol–water partition coefficient (Wildman–Crippen LogP) is 3.34. The molecule has 23 heavy (non-hydrogen) atoms. The Labute approximate surface area is 137 Å². The summed E-state index contributed by atoms with van der Waals surface area (Å²) in [6.45, 7) is 1.51. The molecule has 2 aromatic carbocycles. The van der Waals surface area contributed by atoms with Crippen molar-refractivity contribution in [3.63, 3.8) is 0 Å². The van der Waals surface area contributed by atoms with Crippen LogP contribution in [0.2, 0.25) is 0 Å². The molecule has 1 atom stereocenters. The molecule has 4 rings (SSSR count). The number of aliphatic hydroxyl groups is 1. The number of para-hydroxylation sites is 1. The minimum Gasteiger partial charge on any atom is -0.346 e. The van der Waals surface area contributed by atoms with E-state index in [1.165, 1.54) is 24.4 Å². The van der Waals surface area contributed by atoms with Crippen molar-refractivity contribution in [3.8, 4) is 0 Å². The Morgan fingerprint density at radius 3 is 2.30 bits per heavy atom. The van der Waals surface area contributed by atoms with Gasteiger partial charge in [0, 0.05) is 12.0 Å². The Morgan fingerprint density at radius 1 is 0.870 bits per heavy atom. The number of hydrogen-bond acceptors (Lipinski definition) is 2. The van der Waals surface area contributed by atoms with Gasteiger partial charge in [-0.1, -0.05) is 48.5 Å². The number of nitrogens with zero attached hydrogens (tertiary/aromatic N) is 2. The fourth-order valence-corrected chi connectivity index (χ4v) is 3.87. The van der Waals surface area contributed by atoms with Crippen molar-refractivity contribution in [2.24, 2.45) is 0 Å². The molecule has 118 valence electrons. The third-order valence-corrected chi connectivity index (χ3v) is 5.03. The first kappa shape index (κ1) is 14.5. The average molecular weight is 307 g/mol. The van der Waals surface area contributed by atoms with Gasteiger partial charge >= 0.3 is 0 Å². The van der Waals surface area contributed by atoms with Crippen molar-refractivity contribution in [3.05, 3.63) is 66.2 Å². The number of anilines is 1. The van der Waals surface area contributed by atoms with E-state index in [-0.39, 0.29) is 0 Å². The fourth-order valence-electron chi connectivity index (χ4n) is 3.87. The summed E-state index contributed by atoms with van der Waals surface area (Å²) in [4.78, 5) is 2.30. The summed E-state index contributed by atoms with van der Waals surface area (Å²) in [6, 6.07) is 20.5. The number of hydrogen-bond donors (Lipinski definition) is 1. The molecule has 2 aromatic rings. The molecule has 0 bridgehead atoms. The van der Waals surface area contributed by atoms with E-state index in [9.17, 15) is 5.11 Å². The Bertz CT molecular complexity index is 711. The molecule has 2 heterocycles. The fraction of sp³-hybridized carbons (Fsp3) is 0.350. The van der Waals surface area contributed by atoms with Gasteiger partial charge in [0.2, 0.25) is 0 Å². The highest BCUT2D eigenvalue weighted by molar-refractivity contribution is 5.95. The largest absolute Gasteiger partial charge is 0.346 e. The van der Waals surface area contributed by atoms with Crippen LogP contribution in [0.3, 0.4) is 0 Å². The normalized spacial score (nSPS) is 24.5. The van der Waals surface area contributed by atoms with Crippen LogP contribution in [-0.2, 0) is 5.72 Å². The summed E-state index contributed by atoms with van der Waals surface area (Å²) in [5.41, 5.74) is 1.22. The van der Waals surface area contributed by atoms with E-state index in [2.05, 4.69) is 33.7 Å². The molecule has 0 amide bonds. The molecule has 3 heteroatoms. The van der Waals surface area contributed by atoms with E-state index < -0.39 is 5.72 Å². The lowest BCUT2D eigenvalue weighted by atomic mass is 10.0. The van der Waals surface area contributed by atoms with Crippen molar-refractivity contribution in [1.29, 1.82) is 0 Å². The lowest BCUT2D eigenvalue weighted by Gasteiger charge is -2.23. The minimum absolute atomic E-state index is 0.594. The van der Waals surface area contributed by atoms with Crippen molar-refractivity contribution in [1.82, 2.24) is 0 Å². The van der Waals surface area contributed by atoms with Gasteiger partial charge in [-0.05, 0) is 31.4 Å². The van der Waals surface area contributed by atoms with Crippen LogP contribution in [0.25, 0.3) is 0 Å². The molecule has 0 saturated heterocycles. The quantitative estimate of drug-likeness (QED) is 0.861. The number of rotatable bonds is 2. The lowest BCUT2D eigenvalue weighted by molar-refractivity contribution is -0.658. The number of β-amino-alcohol motifs (C(OH)–C–C–N with tert-alkyl or cyclic N) is 1. The van der Waals surface area contributed by atoms with Crippen molar-refractivity contribution in [2.75, 3.05) is 18.0 Å². The second-order valence-corrected chi connectivity index (χ2v) is 6.48. The summed E-state index contributed by atoms with van der Waals surface area (Å²) in [5, 5.41) is 11.6. The smallest absolute Gasteiger partial charge is 0.271 e. The SMILES string of the molecule is OC1(c2ccccc2)CN(c2ccccc2)C2=[N+]1CCCCC2. The molecular formula is C20H23N2O+. The van der Waals surface area contributed by atoms with Crippen molar-refractivity contribution < 1.29 is 9.68 Å². The van der Waals surface area contributed by atoms with Crippen LogP contribution >= 0.6 is 0 Å². The Kier molecular flexibility index (Phi) is 3.66. The first-order valence-corrected chi connectivity index (χ1v) is 8.53. The summed E-state index contributed by atoms with van der Waals surface area (Å²) in [7, 11) is 0. The molecule has 0 fully saturated rings. The van der Waals surface area contributed by atoms with Gasteiger partial charge in [0.05, 0.1) is 6.54 Å². The lowest BCUT2D eigenvalue weighted by Crippen LogP contribution is -2.40. The molecule has 0 aliphatic carbocycles. The Morgan fingerprint density at radius 2 is 1.57 bits per heavy atom. The van der Waals surface area contributed by atoms with Gasteiger partial charge in [-0.2, -0.15) is 0 Å². The van der Waals surface area contributed by atoms with Crippen molar-refractivity contribution in [2.45, 2.75) is 31.4 Å². The van der Waals surface area contributed by atoms with E-state index in [0.717, 1.165) is 24.9 Å². The first-order chi connectivity index (χ1) is 11.3. The van der Waals surface area contributed by atoms with Gasteiger partial charge in [-0.15, -0.1) is 0 Å². The Hall–Kier alpha value is -2.13. The van der Waals surface area contributed by atoms with Gasteiger partial charge in [-0.25, -0.2) is 9.48 Å². The molecule has 3 nitrogen and oxygen atoms in total. The van der Waals surface area contributed by atoms with Crippen LogP contribution in [-0.4, -0.2) is 28.6 Å². The summed E-state index contributed by atoms with van der Waals surface area (Å²) in [6.07, 6.45) is 4.60. The number of amidine groups is 1. The van der Waals surface area contributed by atoms with E-state index in [1.54, 1.807) is 0 Å². The Balaban J connectivity index is 1.82. The molecule has 2 aliphatic heterocycles. The maximum Gasteiger partial charge on any atom is 0.271 e. The third-order valence-electron chi connectivity index (χ3n) is 5.03. The van der Waals surface area contributed by atoms with Gasteiger partial charge in [-0.3, -0.25) is 0 Å². The van der Waals surface area contributed by atoms with Crippen molar-refractivity contribution >= 4 is 11.5 Å². The first-order valence-electron chi connectivity index (χ1n) is 8.53. The van der Waals surface area contributed by atoms with E-state index in [1.807, 2.05) is 36.4 Å². The predicted molar refractivity (Wildman–Crippen MR) is 92.7 cm³/mol. The second-order valence-electron chi connectivity index (χ2n) is 6.48. The number of benzene rings is 2. The molecule has 1 N–H and O–H groups in total. The highest BCUT2D eigenvalue weighted by atomic mass is 16.3. The van der Waals surface area contributed by atoms with E-state index in [0.29, 0.717) is 6.54 Å². The molecule has 0 saturated carbocycles. The maximum absolute atomic E-state index is 11.6. The van der Waals surface area contributed by atoms with Crippen LogP contribution in [0.1, 0.15) is 31.2 Å². The van der Waals surface area contributed by atoms with Gasteiger partial charge < -0.3 is 5.11 Å². The highest BCUT2D eigenvalue weighted by Crippen LogP contribution is 2.35. The highest BCUT2D eigenvalue weighted by Gasteiger charge is 2.51. The molecule has 1 unspecified atom stereocenters. The minimum atomic E-state index is -0.934. The molecule has 0 radical (unpaired) electrons. The van der Waals surface area contributed by atoms with Gasteiger partial charge in [0.25, 0.3) is 11.6 Å². The van der Waals surface area contributed by atoms with Crippen LogP contribution in [0, 0.1) is 0 Å². The van der Waals surface area contributed by atoms with E-state index in [4.69, 9.17) is 0 Å².